The molecule has 0 radical (unpaired) electrons. The van der Waals surface area contributed by atoms with Crippen LogP contribution in [0.4, 0.5) is 0 Å². The molecule has 1 atom stereocenters. The normalized spacial score (nSPS) is 12.0. The van der Waals surface area contributed by atoms with E-state index < -0.39 is 11.9 Å². The quantitative estimate of drug-likeness (QED) is 0.435. The summed E-state index contributed by atoms with van der Waals surface area (Å²) in [6.07, 6.45) is 1.09. The SMILES string of the molecule is CC(OCCn1cc(-c2ccc(O)c(O)c2)nn1)C(=O)C=O. The number of aromatic hydroxyl groups is 2. The summed E-state index contributed by atoms with van der Waals surface area (Å²) in [6.45, 7) is 2.06. The Morgan fingerprint density at radius 1 is 1.41 bits per heavy atom. The van der Waals surface area contributed by atoms with Crippen LogP contribution in [0.2, 0.25) is 0 Å². The van der Waals surface area contributed by atoms with Crippen LogP contribution in [0.25, 0.3) is 11.3 Å². The minimum Gasteiger partial charge on any atom is -0.504 e. The average Bonchev–Trinajstić information content (AvgIpc) is 2.98. The van der Waals surface area contributed by atoms with Crippen LogP contribution in [-0.4, -0.2) is 50.0 Å². The lowest BCUT2D eigenvalue weighted by atomic mass is 10.1. The highest BCUT2D eigenvalue weighted by molar-refractivity contribution is 6.26. The van der Waals surface area contributed by atoms with E-state index >= 15 is 0 Å². The molecule has 0 amide bonds. The fourth-order valence-corrected chi connectivity index (χ4v) is 1.72. The van der Waals surface area contributed by atoms with Gasteiger partial charge in [-0.05, 0) is 25.1 Å². The number of carbonyl (C=O) groups excluding carboxylic acids is 2. The van der Waals surface area contributed by atoms with Crippen molar-refractivity contribution in [2.75, 3.05) is 6.61 Å². The van der Waals surface area contributed by atoms with E-state index in [0.29, 0.717) is 17.8 Å². The van der Waals surface area contributed by atoms with E-state index in [1.807, 2.05) is 0 Å². The van der Waals surface area contributed by atoms with Gasteiger partial charge in [0.15, 0.2) is 17.8 Å². The number of rotatable bonds is 7. The van der Waals surface area contributed by atoms with Crippen molar-refractivity contribution in [3.05, 3.63) is 24.4 Å². The number of hydrogen-bond donors (Lipinski definition) is 2. The second kappa shape index (κ2) is 6.81. The first-order valence-electron chi connectivity index (χ1n) is 6.54. The van der Waals surface area contributed by atoms with Crippen molar-refractivity contribution < 1.29 is 24.5 Å². The number of phenolic OH excluding ortho intramolecular Hbond substituents is 2. The summed E-state index contributed by atoms with van der Waals surface area (Å²) in [5.41, 5.74) is 1.12. The van der Waals surface area contributed by atoms with E-state index in [0.717, 1.165) is 0 Å². The lowest BCUT2D eigenvalue weighted by molar-refractivity contribution is -0.137. The van der Waals surface area contributed by atoms with Gasteiger partial charge in [0.1, 0.15) is 11.8 Å². The topological polar surface area (TPSA) is 115 Å². The monoisotopic (exact) mass is 305 g/mol. The van der Waals surface area contributed by atoms with Gasteiger partial charge in [0.25, 0.3) is 0 Å². The molecule has 0 aliphatic heterocycles. The number of ether oxygens (including phenoxy) is 1. The molecule has 116 valence electrons. The van der Waals surface area contributed by atoms with Gasteiger partial charge in [-0.1, -0.05) is 5.21 Å². The van der Waals surface area contributed by atoms with E-state index in [1.165, 1.54) is 23.7 Å². The first kappa shape index (κ1) is 15.6. The predicted octanol–water partition coefficient (Wildman–Crippen LogP) is 0.529. The van der Waals surface area contributed by atoms with Crippen LogP contribution in [-0.2, 0) is 20.9 Å². The molecule has 1 heterocycles. The third-order valence-corrected chi connectivity index (χ3v) is 3.01. The highest BCUT2D eigenvalue weighted by Gasteiger charge is 2.12. The molecule has 1 aromatic heterocycles. The maximum absolute atomic E-state index is 11.0. The molecular formula is C14H15N3O5. The summed E-state index contributed by atoms with van der Waals surface area (Å²) in [6, 6.07) is 4.34. The van der Waals surface area contributed by atoms with Gasteiger partial charge in [-0.15, -0.1) is 5.10 Å². The molecule has 8 nitrogen and oxygen atoms in total. The molecule has 0 fully saturated rings. The van der Waals surface area contributed by atoms with Gasteiger partial charge < -0.3 is 14.9 Å². The third kappa shape index (κ3) is 3.67. The second-order valence-electron chi connectivity index (χ2n) is 4.60. The largest absolute Gasteiger partial charge is 0.504 e. The Labute approximate surface area is 125 Å². The van der Waals surface area contributed by atoms with E-state index in [9.17, 15) is 19.8 Å². The van der Waals surface area contributed by atoms with Crippen molar-refractivity contribution in [2.45, 2.75) is 19.6 Å². The van der Waals surface area contributed by atoms with Crippen LogP contribution in [0.3, 0.4) is 0 Å². The van der Waals surface area contributed by atoms with Gasteiger partial charge in [0, 0.05) is 5.56 Å². The number of aldehydes is 1. The van der Waals surface area contributed by atoms with Crippen molar-refractivity contribution in [3.8, 4) is 22.8 Å². The van der Waals surface area contributed by atoms with E-state index in [-0.39, 0.29) is 24.4 Å². The number of hydrogen-bond acceptors (Lipinski definition) is 7. The third-order valence-electron chi connectivity index (χ3n) is 3.01. The number of aromatic nitrogens is 3. The Morgan fingerprint density at radius 2 is 2.18 bits per heavy atom. The smallest absolute Gasteiger partial charge is 0.223 e. The summed E-state index contributed by atoms with van der Waals surface area (Å²) < 4.78 is 6.72. The average molecular weight is 305 g/mol. The summed E-state index contributed by atoms with van der Waals surface area (Å²) in [7, 11) is 0. The number of Topliss-reactive ketones (excluding diaryl/α,β-unsaturated/α-hetero) is 1. The van der Waals surface area contributed by atoms with Crippen LogP contribution >= 0.6 is 0 Å². The molecule has 1 unspecified atom stereocenters. The molecule has 8 heteroatoms. The van der Waals surface area contributed by atoms with Crippen LogP contribution in [0.5, 0.6) is 11.5 Å². The molecular weight excluding hydrogens is 290 g/mol. The summed E-state index contributed by atoms with van der Waals surface area (Å²) >= 11 is 0. The molecule has 2 rings (SSSR count). The Hall–Kier alpha value is -2.74. The second-order valence-corrected chi connectivity index (χ2v) is 4.60. The molecule has 0 aliphatic rings. The zero-order chi connectivity index (χ0) is 16.1. The molecule has 0 aliphatic carbocycles. The van der Waals surface area contributed by atoms with Gasteiger partial charge in [-0.25, -0.2) is 4.68 Å². The highest BCUT2D eigenvalue weighted by atomic mass is 16.5. The van der Waals surface area contributed by atoms with Crippen LogP contribution < -0.4 is 0 Å². The molecule has 0 saturated heterocycles. The van der Waals surface area contributed by atoms with Crippen molar-refractivity contribution in [3.63, 3.8) is 0 Å². The zero-order valence-corrected chi connectivity index (χ0v) is 11.8. The summed E-state index contributed by atoms with van der Waals surface area (Å²) in [4.78, 5) is 21.3. The maximum Gasteiger partial charge on any atom is 0.223 e. The molecule has 0 saturated carbocycles. The Balaban J connectivity index is 1.95. The molecule has 2 N–H and O–H groups in total. The van der Waals surface area contributed by atoms with Crippen molar-refractivity contribution in [1.82, 2.24) is 15.0 Å². The van der Waals surface area contributed by atoms with Crippen LogP contribution in [0.1, 0.15) is 6.92 Å². The van der Waals surface area contributed by atoms with E-state index in [2.05, 4.69) is 10.3 Å². The van der Waals surface area contributed by atoms with Gasteiger partial charge >= 0.3 is 0 Å². The van der Waals surface area contributed by atoms with Crippen LogP contribution in [0, 0.1) is 0 Å². The van der Waals surface area contributed by atoms with E-state index in [1.54, 1.807) is 12.3 Å². The van der Waals surface area contributed by atoms with E-state index in [4.69, 9.17) is 4.74 Å². The predicted molar refractivity (Wildman–Crippen MR) is 75.3 cm³/mol. The lowest BCUT2D eigenvalue weighted by Crippen LogP contribution is -2.23. The minimum atomic E-state index is -0.783. The Kier molecular flexibility index (Phi) is 4.84. The fraction of sp³-hybridized carbons (Fsp3) is 0.286. The Bertz CT molecular complexity index is 683. The standard InChI is InChI=1S/C14H15N3O5/c1-9(14(21)8-18)22-5-4-17-7-11(15-16-17)10-2-3-12(19)13(20)6-10/h2-3,6-9,19-20H,4-5H2,1H3. The number of carbonyl (C=O) groups is 2. The minimum absolute atomic E-state index is 0.199. The Morgan fingerprint density at radius 3 is 2.86 bits per heavy atom. The number of benzene rings is 1. The molecule has 1 aromatic carbocycles. The van der Waals surface area contributed by atoms with Gasteiger partial charge in [0.05, 0.1) is 19.3 Å². The molecule has 0 spiro atoms. The molecule has 22 heavy (non-hydrogen) atoms. The first-order valence-corrected chi connectivity index (χ1v) is 6.54. The number of phenols is 2. The maximum atomic E-state index is 11.0. The zero-order valence-electron chi connectivity index (χ0n) is 11.8. The number of nitrogens with zero attached hydrogens (tertiary/aromatic N) is 3. The lowest BCUT2D eigenvalue weighted by Gasteiger charge is -2.08. The van der Waals surface area contributed by atoms with Crippen molar-refractivity contribution >= 4 is 12.1 Å². The fourth-order valence-electron chi connectivity index (χ4n) is 1.72. The summed E-state index contributed by atoms with van der Waals surface area (Å²) in [5, 5.41) is 26.6. The summed E-state index contributed by atoms with van der Waals surface area (Å²) in [5.74, 6) is -1.06. The van der Waals surface area contributed by atoms with Crippen LogP contribution in [0.15, 0.2) is 24.4 Å². The van der Waals surface area contributed by atoms with Crippen molar-refractivity contribution in [2.24, 2.45) is 0 Å². The van der Waals surface area contributed by atoms with Crippen molar-refractivity contribution in [1.29, 1.82) is 0 Å². The first-order chi connectivity index (χ1) is 10.5. The number of ketones is 1. The van der Waals surface area contributed by atoms with Gasteiger partial charge in [-0.2, -0.15) is 0 Å². The molecule has 0 bridgehead atoms. The van der Waals surface area contributed by atoms with Gasteiger partial charge in [-0.3, -0.25) is 9.59 Å². The van der Waals surface area contributed by atoms with Gasteiger partial charge in [0.2, 0.25) is 5.78 Å². The molecule has 2 aromatic rings. The highest BCUT2D eigenvalue weighted by Crippen LogP contribution is 2.29.